The maximum atomic E-state index is 8.67. The van der Waals surface area contributed by atoms with Gasteiger partial charge in [-0.2, -0.15) is 0 Å². The van der Waals surface area contributed by atoms with Crippen molar-refractivity contribution < 1.29 is 5.21 Å². The number of hydrogen-bond donors (Lipinski definition) is 2. The predicted octanol–water partition coefficient (Wildman–Crippen LogP) is 0.826. The Balaban J connectivity index is 2.79. The van der Waals surface area contributed by atoms with Crippen molar-refractivity contribution in [3.63, 3.8) is 0 Å². The van der Waals surface area contributed by atoms with Gasteiger partial charge >= 0.3 is 0 Å². The molecule has 2 aromatic heterocycles. The van der Waals surface area contributed by atoms with Gasteiger partial charge in [-0.05, 0) is 6.07 Å². The van der Waals surface area contributed by atoms with Gasteiger partial charge in [-0.1, -0.05) is 0 Å². The summed E-state index contributed by atoms with van der Waals surface area (Å²) in [6.45, 7) is 0. The van der Waals surface area contributed by atoms with E-state index in [1.165, 1.54) is 6.33 Å². The third-order valence-corrected chi connectivity index (χ3v) is 1.54. The molecule has 0 aromatic carbocycles. The quantitative estimate of drug-likeness (QED) is 0.607. The molecule has 0 amide bonds. The lowest BCUT2D eigenvalue weighted by molar-refractivity contribution is 0.387. The van der Waals surface area contributed by atoms with Gasteiger partial charge in [0, 0.05) is 12.4 Å². The van der Waals surface area contributed by atoms with Crippen LogP contribution in [0.15, 0.2) is 24.8 Å². The SMILES string of the molecule is ONc1ncnc2ccncc12. The van der Waals surface area contributed by atoms with Gasteiger partial charge in [-0.3, -0.25) is 15.7 Å². The van der Waals surface area contributed by atoms with Crippen LogP contribution < -0.4 is 5.48 Å². The first-order chi connectivity index (χ1) is 5.92. The second kappa shape index (κ2) is 2.71. The van der Waals surface area contributed by atoms with Gasteiger partial charge < -0.3 is 0 Å². The first-order valence-corrected chi connectivity index (χ1v) is 3.36. The molecule has 2 aromatic rings. The first-order valence-electron chi connectivity index (χ1n) is 3.36. The van der Waals surface area contributed by atoms with E-state index in [-0.39, 0.29) is 0 Å². The highest BCUT2D eigenvalue weighted by molar-refractivity contribution is 5.87. The molecular weight excluding hydrogens is 156 g/mol. The lowest BCUT2D eigenvalue weighted by atomic mass is 10.3. The molecule has 5 heteroatoms. The molecule has 2 N–H and O–H groups in total. The molecule has 0 aliphatic rings. The monoisotopic (exact) mass is 162 g/mol. The molecule has 0 unspecified atom stereocenters. The van der Waals surface area contributed by atoms with Crippen LogP contribution in [0.2, 0.25) is 0 Å². The molecule has 60 valence electrons. The average Bonchev–Trinajstić information content (AvgIpc) is 2.17. The Hall–Kier alpha value is -1.75. The third kappa shape index (κ3) is 0.960. The van der Waals surface area contributed by atoms with Gasteiger partial charge in [0.25, 0.3) is 0 Å². The molecule has 12 heavy (non-hydrogen) atoms. The second-order valence-corrected chi connectivity index (χ2v) is 2.23. The number of pyridine rings is 1. The summed E-state index contributed by atoms with van der Waals surface area (Å²) in [5.41, 5.74) is 2.73. The number of aromatic nitrogens is 3. The molecule has 0 atom stereocenters. The van der Waals surface area contributed by atoms with Crippen molar-refractivity contribution in [3.8, 4) is 0 Å². The van der Waals surface area contributed by atoms with Crippen molar-refractivity contribution >= 4 is 16.7 Å². The third-order valence-electron chi connectivity index (χ3n) is 1.54. The number of anilines is 1. The molecule has 0 spiro atoms. The fourth-order valence-electron chi connectivity index (χ4n) is 0.990. The number of nitrogens with one attached hydrogen (secondary N) is 1. The number of fused-ring (bicyclic) bond motifs is 1. The number of nitrogens with zero attached hydrogens (tertiary/aromatic N) is 3. The van der Waals surface area contributed by atoms with Crippen LogP contribution in [-0.2, 0) is 0 Å². The average molecular weight is 162 g/mol. The molecule has 0 fully saturated rings. The molecule has 0 bridgehead atoms. The normalized spacial score (nSPS) is 10.1. The molecular formula is C7H6N4O. The molecule has 0 saturated heterocycles. The zero-order chi connectivity index (χ0) is 8.39. The van der Waals surface area contributed by atoms with Gasteiger partial charge in [0.05, 0.1) is 10.9 Å². The van der Waals surface area contributed by atoms with E-state index in [2.05, 4.69) is 15.0 Å². The van der Waals surface area contributed by atoms with E-state index >= 15 is 0 Å². The summed E-state index contributed by atoms with van der Waals surface area (Å²) in [5.74, 6) is 0.369. The van der Waals surface area contributed by atoms with E-state index in [9.17, 15) is 0 Å². The molecule has 0 aliphatic heterocycles. The Morgan fingerprint density at radius 2 is 2.25 bits per heavy atom. The van der Waals surface area contributed by atoms with Gasteiger partial charge in [-0.15, -0.1) is 0 Å². The fourth-order valence-corrected chi connectivity index (χ4v) is 0.990. The van der Waals surface area contributed by atoms with Crippen LogP contribution in [0.5, 0.6) is 0 Å². The highest BCUT2D eigenvalue weighted by Gasteiger charge is 1.99. The first kappa shape index (κ1) is 6.93. The molecule has 0 saturated carbocycles. The summed E-state index contributed by atoms with van der Waals surface area (Å²) in [7, 11) is 0. The maximum absolute atomic E-state index is 8.67. The molecule has 2 heterocycles. The summed E-state index contributed by atoms with van der Waals surface area (Å²) >= 11 is 0. The Morgan fingerprint density at radius 3 is 3.08 bits per heavy atom. The van der Waals surface area contributed by atoms with E-state index in [1.807, 2.05) is 5.48 Å². The van der Waals surface area contributed by atoms with Crippen molar-refractivity contribution in [2.24, 2.45) is 0 Å². The number of rotatable bonds is 1. The topological polar surface area (TPSA) is 70.9 Å². The Labute approximate surface area is 68.1 Å². The van der Waals surface area contributed by atoms with Crippen molar-refractivity contribution in [3.05, 3.63) is 24.8 Å². The number of hydrogen-bond acceptors (Lipinski definition) is 5. The van der Waals surface area contributed by atoms with E-state index in [1.54, 1.807) is 18.5 Å². The highest BCUT2D eigenvalue weighted by atomic mass is 16.5. The largest absolute Gasteiger partial charge is 0.290 e. The molecule has 2 rings (SSSR count). The summed E-state index contributed by atoms with van der Waals surface area (Å²) in [6.07, 6.45) is 4.60. The second-order valence-electron chi connectivity index (χ2n) is 2.23. The standard InChI is InChI=1S/C7H6N4O/c12-11-7-5-3-8-2-1-6(5)9-4-10-7/h1-4,12H,(H,9,10,11). The van der Waals surface area contributed by atoms with Crippen molar-refractivity contribution in [1.82, 2.24) is 15.0 Å². The molecule has 5 nitrogen and oxygen atoms in total. The summed E-state index contributed by atoms with van der Waals surface area (Å²) in [5, 5.41) is 9.36. The molecule has 0 aliphatic carbocycles. The maximum Gasteiger partial charge on any atom is 0.162 e. The minimum Gasteiger partial charge on any atom is -0.290 e. The Bertz CT molecular complexity index is 398. The van der Waals surface area contributed by atoms with E-state index in [4.69, 9.17) is 5.21 Å². The van der Waals surface area contributed by atoms with Crippen molar-refractivity contribution in [2.45, 2.75) is 0 Å². The van der Waals surface area contributed by atoms with Gasteiger partial charge in [-0.25, -0.2) is 9.97 Å². The van der Waals surface area contributed by atoms with E-state index in [0.29, 0.717) is 11.2 Å². The van der Waals surface area contributed by atoms with Crippen LogP contribution in [0, 0.1) is 0 Å². The lowest BCUT2D eigenvalue weighted by Crippen LogP contribution is -1.95. The van der Waals surface area contributed by atoms with E-state index < -0.39 is 0 Å². The van der Waals surface area contributed by atoms with Crippen LogP contribution in [0.3, 0.4) is 0 Å². The predicted molar refractivity (Wildman–Crippen MR) is 42.7 cm³/mol. The Kier molecular flexibility index (Phi) is 1.56. The van der Waals surface area contributed by atoms with Crippen molar-refractivity contribution in [2.75, 3.05) is 5.48 Å². The summed E-state index contributed by atoms with van der Waals surface area (Å²) < 4.78 is 0. The van der Waals surface area contributed by atoms with Gasteiger partial charge in [0.15, 0.2) is 5.82 Å². The highest BCUT2D eigenvalue weighted by Crippen LogP contribution is 2.15. The minimum atomic E-state index is 0.369. The zero-order valence-electron chi connectivity index (χ0n) is 6.10. The summed E-state index contributed by atoms with van der Waals surface area (Å²) in [4.78, 5) is 11.7. The van der Waals surface area contributed by atoms with Crippen LogP contribution in [0.25, 0.3) is 10.9 Å². The fraction of sp³-hybridized carbons (Fsp3) is 0. The van der Waals surface area contributed by atoms with E-state index in [0.717, 1.165) is 5.52 Å². The smallest absolute Gasteiger partial charge is 0.162 e. The zero-order valence-corrected chi connectivity index (χ0v) is 6.10. The van der Waals surface area contributed by atoms with Crippen LogP contribution in [-0.4, -0.2) is 20.2 Å². The van der Waals surface area contributed by atoms with Gasteiger partial charge in [0.2, 0.25) is 0 Å². The van der Waals surface area contributed by atoms with Crippen LogP contribution in [0.1, 0.15) is 0 Å². The molecule has 0 radical (unpaired) electrons. The minimum absolute atomic E-state index is 0.369. The van der Waals surface area contributed by atoms with Crippen LogP contribution in [0.4, 0.5) is 5.82 Å². The lowest BCUT2D eigenvalue weighted by Gasteiger charge is -2.00. The summed E-state index contributed by atoms with van der Waals surface area (Å²) in [6, 6.07) is 1.75. The van der Waals surface area contributed by atoms with Crippen molar-refractivity contribution in [1.29, 1.82) is 0 Å². The van der Waals surface area contributed by atoms with Crippen LogP contribution >= 0.6 is 0 Å². The van der Waals surface area contributed by atoms with Gasteiger partial charge in [0.1, 0.15) is 6.33 Å². The Morgan fingerprint density at radius 1 is 1.33 bits per heavy atom.